The fourth-order valence-corrected chi connectivity index (χ4v) is 12.8. The normalized spacial score (nSPS) is 18.4. The number of hydrogen-bond donors (Lipinski definition) is 0. The second kappa shape index (κ2) is 13.8. The molecule has 304 valence electrons. The van der Waals surface area contributed by atoms with E-state index in [2.05, 4.69) is 255 Å². The molecule has 9 aromatic carbocycles. The van der Waals surface area contributed by atoms with Crippen molar-refractivity contribution in [2.75, 3.05) is 4.90 Å². The molecule has 0 amide bonds. The van der Waals surface area contributed by atoms with Crippen molar-refractivity contribution in [3.8, 4) is 11.1 Å². The molecular formula is C63H47N. The van der Waals surface area contributed by atoms with Gasteiger partial charge in [-0.3, -0.25) is 0 Å². The summed E-state index contributed by atoms with van der Waals surface area (Å²) in [7, 11) is 0. The molecular weight excluding hydrogens is 771 g/mol. The summed E-state index contributed by atoms with van der Waals surface area (Å²) in [4.78, 5) is 2.52. The van der Waals surface area contributed by atoms with E-state index in [4.69, 9.17) is 0 Å². The topological polar surface area (TPSA) is 3.24 Å². The van der Waals surface area contributed by atoms with Crippen LogP contribution in [0.4, 0.5) is 17.1 Å². The largest absolute Gasteiger partial charge is 0.310 e. The van der Waals surface area contributed by atoms with Gasteiger partial charge in [-0.1, -0.05) is 214 Å². The predicted octanol–water partition coefficient (Wildman–Crippen LogP) is 15.5. The van der Waals surface area contributed by atoms with E-state index in [1.807, 2.05) is 0 Å². The van der Waals surface area contributed by atoms with Crippen LogP contribution in [-0.4, -0.2) is 0 Å². The van der Waals surface area contributed by atoms with Crippen molar-refractivity contribution in [2.24, 2.45) is 5.92 Å². The minimum atomic E-state index is -0.531. The van der Waals surface area contributed by atoms with Gasteiger partial charge in [0.05, 0.1) is 10.8 Å². The first-order valence-electron chi connectivity index (χ1n) is 22.8. The Morgan fingerprint density at radius 3 is 1.56 bits per heavy atom. The van der Waals surface area contributed by atoms with E-state index in [1.165, 1.54) is 77.5 Å². The molecule has 0 heterocycles. The zero-order valence-corrected chi connectivity index (χ0v) is 36.1. The number of benzene rings is 9. The van der Waals surface area contributed by atoms with Crippen molar-refractivity contribution in [1.29, 1.82) is 0 Å². The van der Waals surface area contributed by atoms with Crippen molar-refractivity contribution in [3.63, 3.8) is 0 Å². The van der Waals surface area contributed by atoms with Crippen LogP contribution in [0.3, 0.4) is 0 Å². The summed E-state index contributed by atoms with van der Waals surface area (Å²) in [6, 6.07) is 80.6. The Morgan fingerprint density at radius 1 is 0.375 bits per heavy atom. The van der Waals surface area contributed by atoms with Crippen LogP contribution in [0.15, 0.2) is 237 Å². The zero-order valence-electron chi connectivity index (χ0n) is 36.1. The monoisotopic (exact) mass is 817 g/mol. The molecule has 1 heteroatoms. The first kappa shape index (κ1) is 37.1. The summed E-state index contributed by atoms with van der Waals surface area (Å²) in [5, 5.41) is 2.47. The number of nitrogens with zero attached hydrogens (tertiary/aromatic N) is 1. The third-order valence-corrected chi connectivity index (χ3v) is 15.5. The molecule has 4 aliphatic carbocycles. The van der Waals surface area contributed by atoms with Gasteiger partial charge in [0.25, 0.3) is 0 Å². The van der Waals surface area contributed by atoms with Gasteiger partial charge >= 0.3 is 0 Å². The fraction of sp³-hybridized carbons (Fsp3) is 0.111. The molecule has 0 fully saturated rings. The van der Waals surface area contributed by atoms with E-state index in [-0.39, 0.29) is 17.3 Å². The lowest BCUT2D eigenvalue weighted by Crippen LogP contribution is -2.47. The molecule has 2 atom stereocenters. The molecule has 2 unspecified atom stereocenters. The number of anilines is 3. The van der Waals surface area contributed by atoms with Gasteiger partial charge in [0.2, 0.25) is 0 Å². The van der Waals surface area contributed by atoms with Crippen LogP contribution in [-0.2, 0) is 16.2 Å². The molecule has 0 saturated heterocycles. The Labute approximate surface area is 376 Å². The van der Waals surface area contributed by atoms with Crippen molar-refractivity contribution < 1.29 is 0 Å². The average molecular weight is 818 g/mol. The van der Waals surface area contributed by atoms with Crippen LogP contribution in [0.2, 0.25) is 0 Å². The van der Waals surface area contributed by atoms with E-state index >= 15 is 0 Å². The van der Waals surface area contributed by atoms with E-state index in [0.29, 0.717) is 0 Å². The van der Waals surface area contributed by atoms with Gasteiger partial charge < -0.3 is 4.90 Å². The van der Waals surface area contributed by atoms with Gasteiger partial charge in [-0.25, -0.2) is 0 Å². The maximum Gasteiger partial charge on any atom is 0.0707 e. The van der Waals surface area contributed by atoms with Gasteiger partial charge in [-0.05, 0) is 114 Å². The fourth-order valence-electron chi connectivity index (χ4n) is 12.8. The maximum atomic E-state index is 2.57. The first-order valence-corrected chi connectivity index (χ1v) is 22.8. The first-order chi connectivity index (χ1) is 31.5. The average Bonchev–Trinajstić information content (AvgIpc) is 3.77. The number of hydrogen-bond acceptors (Lipinski definition) is 1. The molecule has 0 aromatic heterocycles. The Kier molecular flexibility index (Phi) is 7.98. The van der Waals surface area contributed by atoms with Gasteiger partial charge in [0.15, 0.2) is 0 Å². The zero-order chi connectivity index (χ0) is 42.6. The second-order valence-corrected chi connectivity index (χ2v) is 18.7. The van der Waals surface area contributed by atoms with Crippen molar-refractivity contribution in [3.05, 3.63) is 292 Å². The molecule has 0 aliphatic heterocycles. The van der Waals surface area contributed by atoms with Crippen LogP contribution < -0.4 is 4.90 Å². The highest BCUT2D eigenvalue weighted by Crippen LogP contribution is 2.67. The smallest absolute Gasteiger partial charge is 0.0707 e. The number of allylic oxidation sites excluding steroid dienone is 4. The van der Waals surface area contributed by atoms with E-state index in [1.54, 1.807) is 0 Å². The Balaban J connectivity index is 1.10. The van der Waals surface area contributed by atoms with E-state index in [0.717, 1.165) is 17.1 Å². The van der Waals surface area contributed by atoms with Crippen LogP contribution in [0, 0.1) is 5.92 Å². The number of rotatable bonds is 5. The summed E-state index contributed by atoms with van der Waals surface area (Å²) in [5.41, 5.74) is 18.5. The molecule has 1 nitrogen and oxygen atoms in total. The van der Waals surface area contributed by atoms with Crippen LogP contribution in [0.25, 0.3) is 21.9 Å². The summed E-state index contributed by atoms with van der Waals surface area (Å²) >= 11 is 0. The Hall–Kier alpha value is -7.48. The van der Waals surface area contributed by atoms with Gasteiger partial charge in [0, 0.05) is 34.3 Å². The lowest BCUT2D eigenvalue weighted by Gasteiger charge is -2.51. The third-order valence-electron chi connectivity index (χ3n) is 15.5. The van der Waals surface area contributed by atoms with Gasteiger partial charge in [-0.15, -0.1) is 0 Å². The van der Waals surface area contributed by atoms with Crippen LogP contribution in [0.5, 0.6) is 0 Å². The molecule has 1 spiro atoms. The summed E-state index contributed by atoms with van der Waals surface area (Å²) in [6.45, 7) is 4.76. The van der Waals surface area contributed by atoms with Crippen molar-refractivity contribution in [2.45, 2.75) is 36.0 Å². The SMILES string of the molecule is CC1(C)c2ccccc2-c2ccc(N(c3ccc4c(c3)C3(c5ccccc5C(c5ccccc5)(c5ccccc5)c5ccccc53)C3C=CC=CC43)c3ccc4ccccc4c3)cc21. The van der Waals surface area contributed by atoms with Gasteiger partial charge in [0.1, 0.15) is 0 Å². The Bertz CT molecular complexity index is 3300. The molecule has 0 radical (unpaired) electrons. The lowest BCUT2D eigenvalue weighted by molar-refractivity contribution is 0.431. The maximum absolute atomic E-state index is 2.57. The third kappa shape index (κ3) is 4.90. The van der Waals surface area contributed by atoms with Gasteiger partial charge in [-0.2, -0.15) is 0 Å². The molecule has 64 heavy (non-hydrogen) atoms. The van der Waals surface area contributed by atoms with E-state index in [9.17, 15) is 0 Å². The van der Waals surface area contributed by atoms with Crippen LogP contribution in [0.1, 0.15) is 75.4 Å². The molecule has 9 aromatic rings. The molecule has 0 saturated carbocycles. The van der Waals surface area contributed by atoms with Crippen molar-refractivity contribution >= 4 is 27.8 Å². The highest BCUT2D eigenvalue weighted by atomic mass is 15.1. The molecule has 4 aliphatic rings. The molecule has 0 bridgehead atoms. The highest BCUT2D eigenvalue weighted by Gasteiger charge is 2.60. The molecule has 0 N–H and O–H groups in total. The summed E-state index contributed by atoms with van der Waals surface area (Å²) in [6.07, 6.45) is 9.53. The lowest BCUT2D eigenvalue weighted by atomic mass is 9.50. The van der Waals surface area contributed by atoms with Crippen molar-refractivity contribution in [1.82, 2.24) is 0 Å². The van der Waals surface area contributed by atoms with Crippen LogP contribution >= 0.6 is 0 Å². The quantitative estimate of drug-likeness (QED) is 0.167. The second-order valence-electron chi connectivity index (χ2n) is 18.7. The number of fused-ring (bicyclic) bond motifs is 13. The standard InChI is InChI=1S/C63H47N/c1-61(2)53-27-13-11-25-49(53)51-37-35-47(40-59(51)61)64(46-34-33-42-19-9-10-20-43(42)39-46)48-36-38-52-50-26-12-14-28-54(50)63(60(52)41-48)57-31-17-15-29-55(57)62(44-21-5-3-6-22-44,45-23-7-4-8-24-45)56-30-16-18-32-58(56)63/h3-41,50,54H,1-2H3. The minimum Gasteiger partial charge on any atom is -0.310 e. The summed E-state index contributed by atoms with van der Waals surface area (Å²) < 4.78 is 0. The molecule has 13 rings (SSSR count). The van der Waals surface area contributed by atoms with E-state index < -0.39 is 10.8 Å². The highest BCUT2D eigenvalue weighted by molar-refractivity contribution is 5.91. The predicted molar refractivity (Wildman–Crippen MR) is 265 cm³/mol. The summed E-state index contributed by atoms with van der Waals surface area (Å²) in [5.74, 6) is 0.382. The Morgan fingerprint density at radius 2 is 0.875 bits per heavy atom. The minimum absolute atomic E-state index is 0.132.